The van der Waals surface area contributed by atoms with Gasteiger partial charge in [0.1, 0.15) is 11.5 Å². The SMILES string of the molecule is Cc1nc(N(C)CC2(c3ccccc3)CC2)ccc1[N+](=O)[O-]. The second-order valence-electron chi connectivity index (χ2n) is 6.03. The van der Waals surface area contributed by atoms with Crippen LogP contribution in [-0.4, -0.2) is 23.5 Å². The van der Waals surface area contributed by atoms with Crippen LogP contribution in [0.4, 0.5) is 11.5 Å². The van der Waals surface area contributed by atoms with Gasteiger partial charge in [-0.25, -0.2) is 4.98 Å². The lowest BCUT2D eigenvalue weighted by atomic mass is 9.95. The molecule has 0 amide bonds. The van der Waals surface area contributed by atoms with E-state index in [9.17, 15) is 10.1 Å². The smallest absolute Gasteiger partial charge is 0.290 e. The fourth-order valence-electron chi connectivity index (χ4n) is 2.96. The third-order valence-corrected chi connectivity index (χ3v) is 4.41. The number of likely N-dealkylation sites (N-methyl/N-ethyl adjacent to an activating group) is 1. The zero-order chi connectivity index (χ0) is 15.7. The van der Waals surface area contributed by atoms with E-state index in [-0.39, 0.29) is 11.1 Å². The van der Waals surface area contributed by atoms with Crippen molar-refractivity contribution >= 4 is 11.5 Å². The van der Waals surface area contributed by atoms with Crippen LogP contribution in [0.25, 0.3) is 0 Å². The van der Waals surface area contributed by atoms with Crippen LogP contribution < -0.4 is 4.90 Å². The summed E-state index contributed by atoms with van der Waals surface area (Å²) in [7, 11) is 2.00. The third kappa shape index (κ3) is 2.66. The Balaban J connectivity index is 1.79. The summed E-state index contributed by atoms with van der Waals surface area (Å²) >= 11 is 0. The van der Waals surface area contributed by atoms with Crippen LogP contribution in [0.1, 0.15) is 24.1 Å². The molecule has 5 heteroatoms. The van der Waals surface area contributed by atoms with Crippen molar-refractivity contribution in [2.75, 3.05) is 18.5 Å². The van der Waals surface area contributed by atoms with Crippen molar-refractivity contribution in [3.63, 3.8) is 0 Å². The molecule has 0 unspecified atom stereocenters. The monoisotopic (exact) mass is 297 g/mol. The first-order valence-corrected chi connectivity index (χ1v) is 7.41. The molecule has 1 heterocycles. The van der Waals surface area contributed by atoms with E-state index >= 15 is 0 Å². The lowest BCUT2D eigenvalue weighted by Crippen LogP contribution is -2.29. The van der Waals surface area contributed by atoms with Gasteiger partial charge < -0.3 is 4.90 Å². The van der Waals surface area contributed by atoms with Gasteiger partial charge in [-0.2, -0.15) is 0 Å². The topological polar surface area (TPSA) is 59.3 Å². The van der Waals surface area contributed by atoms with Crippen molar-refractivity contribution in [3.05, 3.63) is 63.8 Å². The molecular weight excluding hydrogens is 278 g/mol. The second-order valence-corrected chi connectivity index (χ2v) is 6.03. The molecule has 1 aliphatic carbocycles. The Morgan fingerprint density at radius 2 is 1.91 bits per heavy atom. The minimum absolute atomic E-state index is 0.0707. The normalized spacial score (nSPS) is 15.4. The largest absolute Gasteiger partial charge is 0.359 e. The molecule has 5 nitrogen and oxygen atoms in total. The predicted molar refractivity (Wildman–Crippen MR) is 86.3 cm³/mol. The Labute approximate surface area is 129 Å². The van der Waals surface area contributed by atoms with Gasteiger partial charge in [-0.1, -0.05) is 30.3 Å². The van der Waals surface area contributed by atoms with Gasteiger partial charge in [0.15, 0.2) is 0 Å². The summed E-state index contributed by atoms with van der Waals surface area (Å²) in [6.45, 7) is 2.56. The molecule has 1 aromatic heterocycles. The number of nitrogens with zero attached hydrogens (tertiary/aromatic N) is 3. The molecule has 1 saturated carbocycles. The minimum atomic E-state index is -0.390. The Morgan fingerprint density at radius 1 is 1.23 bits per heavy atom. The first-order chi connectivity index (χ1) is 10.5. The molecule has 114 valence electrons. The average Bonchev–Trinajstić information content (AvgIpc) is 3.28. The lowest BCUT2D eigenvalue weighted by molar-refractivity contribution is -0.385. The first-order valence-electron chi connectivity index (χ1n) is 7.41. The van der Waals surface area contributed by atoms with Crippen LogP contribution in [0, 0.1) is 17.0 Å². The van der Waals surface area contributed by atoms with Crippen molar-refractivity contribution < 1.29 is 4.92 Å². The Bertz CT molecular complexity index is 696. The minimum Gasteiger partial charge on any atom is -0.359 e. The maximum Gasteiger partial charge on any atom is 0.290 e. The molecule has 0 saturated heterocycles. The maximum atomic E-state index is 10.9. The molecule has 22 heavy (non-hydrogen) atoms. The standard InChI is InChI=1S/C17H19N3O2/c1-13-15(20(21)22)8-9-16(18-13)19(2)12-17(10-11-17)14-6-4-3-5-7-14/h3-9H,10-12H2,1-2H3. The van der Waals surface area contributed by atoms with Gasteiger partial charge in [-0.05, 0) is 31.4 Å². The van der Waals surface area contributed by atoms with Crippen LogP contribution in [-0.2, 0) is 5.41 Å². The Morgan fingerprint density at radius 3 is 2.45 bits per heavy atom. The van der Waals surface area contributed by atoms with E-state index in [4.69, 9.17) is 0 Å². The van der Waals surface area contributed by atoms with Crippen molar-refractivity contribution in [2.24, 2.45) is 0 Å². The second kappa shape index (κ2) is 5.40. The predicted octanol–water partition coefficient (Wildman–Crippen LogP) is 3.47. The van der Waals surface area contributed by atoms with Crippen LogP contribution in [0.15, 0.2) is 42.5 Å². The van der Waals surface area contributed by atoms with Crippen LogP contribution >= 0.6 is 0 Å². The highest BCUT2D eigenvalue weighted by Crippen LogP contribution is 2.48. The van der Waals surface area contributed by atoms with Gasteiger partial charge in [-0.15, -0.1) is 0 Å². The highest BCUT2D eigenvalue weighted by atomic mass is 16.6. The van der Waals surface area contributed by atoms with Gasteiger partial charge in [0, 0.05) is 25.1 Å². The summed E-state index contributed by atoms with van der Waals surface area (Å²) in [6.07, 6.45) is 2.35. The number of anilines is 1. The highest BCUT2D eigenvalue weighted by Gasteiger charge is 2.45. The fourth-order valence-corrected chi connectivity index (χ4v) is 2.96. The number of benzene rings is 1. The molecule has 0 N–H and O–H groups in total. The average molecular weight is 297 g/mol. The molecule has 0 radical (unpaired) electrons. The van der Waals surface area contributed by atoms with Crippen molar-refractivity contribution in [1.82, 2.24) is 4.98 Å². The zero-order valence-electron chi connectivity index (χ0n) is 12.8. The van der Waals surface area contributed by atoms with E-state index in [2.05, 4.69) is 34.1 Å². The lowest BCUT2D eigenvalue weighted by Gasteiger charge is -2.25. The molecule has 0 bridgehead atoms. The molecule has 0 spiro atoms. The van der Waals surface area contributed by atoms with Crippen molar-refractivity contribution in [1.29, 1.82) is 0 Å². The summed E-state index contributed by atoms with van der Waals surface area (Å²) in [4.78, 5) is 17.0. The quantitative estimate of drug-likeness (QED) is 0.626. The molecule has 1 aliphatic rings. The highest BCUT2D eigenvalue weighted by molar-refractivity contribution is 5.48. The zero-order valence-corrected chi connectivity index (χ0v) is 12.8. The fraction of sp³-hybridized carbons (Fsp3) is 0.353. The summed E-state index contributed by atoms with van der Waals surface area (Å²) in [6, 6.07) is 13.8. The van der Waals surface area contributed by atoms with E-state index in [1.165, 1.54) is 24.5 Å². The van der Waals surface area contributed by atoms with E-state index < -0.39 is 4.92 Å². The molecule has 1 aromatic carbocycles. The van der Waals surface area contributed by atoms with Gasteiger partial charge in [0.05, 0.1) is 4.92 Å². The molecule has 0 aliphatic heterocycles. The van der Waals surface area contributed by atoms with E-state index in [1.807, 2.05) is 13.1 Å². The summed E-state index contributed by atoms with van der Waals surface area (Å²) in [5.74, 6) is 0.783. The number of aryl methyl sites for hydroxylation is 1. The Hall–Kier alpha value is -2.43. The number of hydrogen-bond donors (Lipinski definition) is 0. The number of pyridine rings is 1. The molecule has 1 fully saturated rings. The van der Waals surface area contributed by atoms with Gasteiger partial charge in [0.2, 0.25) is 0 Å². The number of aromatic nitrogens is 1. The molecule has 3 rings (SSSR count). The molecule has 0 atom stereocenters. The summed E-state index contributed by atoms with van der Waals surface area (Å²) in [5.41, 5.74) is 2.09. The van der Waals surface area contributed by atoms with Gasteiger partial charge in [-0.3, -0.25) is 10.1 Å². The van der Waals surface area contributed by atoms with E-state index in [0.29, 0.717) is 5.69 Å². The molecular formula is C17H19N3O2. The van der Waals surface area contributed by atoms with Crippen molar-refractivity contribution in [3.8, 4) is 0 Å². The van der Waals surface area contributed by atoms with Crippen molar-refractivity contribution in [2.45, 2.75) is 25.2 Å². The van der Waals surface area contributed by atoms with Gasteiger partial charge >= 0.3 is 0 Å². The van der Waals surface area contributed by atoms with Crippen LogP contribution in [0.5, 0.6) is 0 Å². The van der Waals surface area contributed by atoms with Crippen LogP contribution in [0.2, 0.25) is 0 Å². The number of hydrogen-bond acceptors (Lipinski definition) is 4. The Kier molecular flexibility index (Phi) is 3.56. The first kappa shape index (κ1) is 14.5. The number of rotatable bonds is 5. The van der Waals surface area contributed by atoms with E-state index in [1.54, 1.807) is 13.0 Å². The van der Waals surface area contributed by atoms with E-state index in [0.717, 1.165) is 12.4 Å². The number of nitro groups is 1. The maximum absolute atomic E-state index is 10.9. The molecule has 2 aromatic rings. The third-order valence-electron chi connectivity index (χ3n) is 4.41. The summed E-state index contributed by atoms with van der Waals surface area (Å²) < 4.78 is 0. The van der Waals surface area contributed by atoms with Crippen LogP contribution in [0.3, 0.4) is 0 Å². The van der Waals surface area contributed by atoms with Gasteiger partial charge in [0.25, 0.3) is 5.69 Å². The summed E-state index contributed by atoms with van der Waals surface area (Å²) in [5, 5.41) is 10.9.